The quantitative estimate of drug-likeness (QED) is 0.771. The number of nitriles is 1. The van der Waals surface area contributed by atoms with Crippen molar-refractivity contribution < 1.29 is 0 Å². The summed E-state index contributed by atoms with van der Waals surface area (Å²) in [6.45, 7) is 6.36. The summed E-state index contributed by atoms with van der Waals surface area (Å²) in [5.74, 6) is 0. The molecule has 0 aliphatic heterocycles. The minimum atomic E-state index is -0.373. The summed E-state index contributed by atoms with van der Waals surface area (Å²) in [5, 5.41) is 12.3. The molecule has 1 N–H and O–H groups in total. The zero-order chi connectivity index (χ0) is 12.7. The van der Waals surface area contributed by atoms with Crippen LogP contribution in [-0.2, 0) is 0 Å². The van der Waals surface area contributed by atoms with Crippen LogP contribution in [0.25, 0.3) is 0 Å². The first kappa shape index (κ1) is 14.5. The van der Waals surface area contributed by atoms with Gasteiger partial charge in [-0.15, -0.1) is 0 Å². The van der Waals surface area contributed by atoms with E-state index in [0.717, 1.165) is 25.6 Å². The van der Waals surface area contributed by atoms with Crippen LogP contribution in [0.4, 0.5) is 0 Å². The van der Waals surface area contributed by atoms with E-state index in [0.29, 0.717) is 0 Å². The van der Waals surface area contributed by atoms with Gasteiger partial charge in [-0.3, -0.25) is 0 Å². The SMILES string of the molecule is CCN(CCC(C)(C#N)NC)C1CCCCC1. The van der Waals surface area contributed by atoms with Crippen LogP contribution in [0.1, 0.15) is 52.4 Å². The molecule has 1 fully saturated rings. The standard InChI is InChI=1S/C14H27N3/c1-4-17(13-8-6-5-7-9-13)11-10-14(2,12-15)16-3/h13,16H,4-11H2,1-3H3. The fourth-order valence-corrected chi connectivity index (χ4v) is 2.65. The molecule has 98 valence electrons. The maximum atomic E-state index is 9.15. The van der Waals surface area contributed by atoms with Crippen molar-refractivity contribution in [2.45, 2.75) is 64.0 Å². The summed E-state index contributed by atoms with van der Waals surface area (Å²) in [6.07, 6.45) is 7.75. The minimum absolute atomic E-state index is 0.373. The molecule has 0 radical (unpaired) electrons. The van der Waals surface area contributed by atoms with Crippen molar-refractivity contribution in [2.24, 2.45) is 0 Å². The molecular weight excluding hydrogens is 210 g/mol. The monoisotopic (exact) mass is 237 g/mol. The van der Waals surface area contributed by atoms with Crippen LogP contribution in [0.5, 0.6) is 0 Å². The molecule has 1 aliphatic carbocycles. The second-order valence-corrected chi connectivity index (χ2v) is 5.36. The Morgan fingerprint density at radius 1 is 1.35 bits per heavy atom. The average Bonchev–Trinajstić information content (AvgIpc) is 2.40. The van der Waals surface area contributed by atoms with Gasteiger partial charge < -0.3 is 10.2 Å². The number of nitrogens with zero attached hydrogens (tertiary/aromatic N) is 2. The van der Waals surface area contributed by atoms with Gasteiger partial charge in [-0.2, -0.15) is 5.26 Å². The Hall–Kier alpha value is -0.590. The maximum Gasteiger partial charge on any atom is 0.104 e. The van der Waals surface area contributed by atoms with Crippen LogP contribution in [-0.4, -0.2) is 36.6 Å². The zero-order valence-electron chi connectivity index (χ0n) is 11.6. The fraction of sp³-hybridized carbons (Fsp3) is 0.929. The van der Waals surface area contributed by atoms with Crippen LogP contribution in [0.3, 0.4) is 0 Å². The van der Waals surface area contributed by atoms with Gasteiger partial charge in [0.1, 0.15) is 5.54 Å². The van der Waals surface area contributed by atoms with Gasteiger partial charge >= 0.3 is 0 Å². The van der Waals surface area contributed by atoms with Crippen LogP contribution in [0.2, 0.25) is 0 Å². The van der Waals surface area contributed by atoms with Gasteiger partial charge in [-0.1, -0.05) is 26.2 Å². The van der Waals surface area contributed by atoms with Crippen molar-refractivity contribution in [1.82, 2.24) is 10.2 Å². The van der Waals surface area contributed by atoms with E-state index < -0.39 is 0 Å². The van der Waals surface area contributed by atoms with E-state index in [1.807, 2.05) is 14.0 Å². The molecule has 0 heterocycles. The third-order valence-corrected chi connectivity index (χ3v) is 4.19. The van der Waals surface area contributed by atoms with Gasteiger partial charge in [-0.05, 0) is 39.8 Å². The number of hydrogen-bond donors (Lipinski definition) is 1. The predicted octanol–water partition coefficient (Wildman–Crippen LogP) is 2.53. The number of hydrogen-bond acceptors (Lipinski definition) is 3. The Morgan fingerprint density at radius 3 is 2.47 bits per heavy atom. The van der Waals surface area contributed by atoms with E-state index in [-0.39, 0.29) is 5.54 Å². The van der Waals surface area contributed by atoms with Crippen molar-refractivity contribution in [2.75, 3.05) is 20.1 Å². The van der Waals surface area contributed by atoms with Crippen LogP contribution < -0.4 is 5.32 Å². The normalized spacial score (nSPS) is 21.1. The molecular formula is C14H27N3. The lowest BCUT2D eigenvalue weighted by molar-refractivity contribution is 0.153. The molecule has 0 spiro atoms. The first-order chi connectivity index (χ1) is 8.15. The van der Waals surface area contributed by atoms with Gasteiger partial charge in [0.25, 0.3) is 0 Å². The number of nitrogens with one attached hydrogen (secondary N) is 1. The van der Waals surface area contributed by atoms with Crippen LogP contribution >= 0.6 is 0 Å². The number of rotatable bonds is 6. The van der Waals surface area contributed by atoms with Gasteiger partial charge in [0.05, 0.1) is 6.07 Å². The van der Waals surface area contributed by atoms with Crippen LogP contribution in [0, 0.1) is 11.3 Å². The second-order valence-electron chi connectivity index (χ2n) is 5.36. The largest absolute Gasteiger partial charge is 0.303 e. The third-order valence-electron chi connectivity index (χ3n) is 4.19. The van der Waals surface area contributed by atoms with Crippen LogP contribution in [0.15, 0.2) is 0 Å². The Balaban J connectivity index is 2.44. The Labute approximate surface area is 106 Å². The fourth-order valence-electron chi connectivity index (χ4n) is 2.65. The average molecular weight is 237 g/mol. The molecule has 1 atom stereocenters. The molecule has 1 saturated carbocycles. The lowest BCUT2D eigenvalue weighted by Gasteiger charge is -2.35. The van der Waals surface area contributed by atoms with E-state index >= 15 is 0 Å². The molecule has 3 heteroatoms. The molecule has 3 nitrogen and oxygen atoms in total. The van der Waals surface area contributed by atoms with Crippen molar-refractivity contribution in [1.29, 1.82) is 5.26 Å². The Morgan fingerprint density at radius 2 is 2.00 bits per heavy atom. The van der Waals surface area contributed by atoms with E-state index in [1.54, 1.807) is 0 Å². The molecule has 1 unspecified atom stereocenters. The second kappa shape index (κ2) is 6.98. The van der Waals surface area contributed by atoms with E-state index in [2.05, 4.69) is 23.2 Å². The Bertz CT molecular complexity index is 253. The predicted molar refractivity (Wildman–Crippen MR) is 71.8 cm³/mol. The molecule has 0 bridgehead atoms. The first-order valence-electron chi connectivity index (χ1n) is 6.99. The molecule has 17 heavy (non-hydrogen) atoms. The smallest absolute Gasteiger partial charge is 0.104 e. The lowest BCUT2D eigenvalue weighted by Crippen LogP contribution is -2.44. The topological polar surface area (TPSA) is 39.1 Å². The maximum absolute atomic E-state index is 9.15. The van der Waals surface area contributed by atoms with Crippen molar-refractivity contribution in [3.05, 3.63) is 0 Å². The zero-order valence-corrected chi connectivity index (χ0v) is 11.6. The molecule has 1 aliphatic rings. The van der Waals surface area contributed by atoms with Crippen molar-refractivity contribution in [3.63, 3.8) is 0 Å². The summed E-state index contributed by atoms with van der Waals surface area (Å²) in [7, 11) is 1.88. The molecule has 1 rings (SSSR count). The molecule has 0 saturated heterocycles. The molecule has 0 aromatic rings. The highest BCUT2D eigenvalue weighted by atomic mass is 15.2. The van der Waals surface area contributed by atoms with E-state index in [9.17, 15) is 0 Å². The first-order valence-corrected chi connectivity index (χ1v) is 6.99. The lowest BCUT2D eigenvalue weighted by atomic mass is 9.93. The van der Waals surface area contributed by atoms with E-state index in [4.69, 9.17) is 5.26 Å². The summed E-state index contributed by atoms with van der Waals surface area (Å²) in [5.41, 5.74) is -0.373. The Kier molecular flexibility index (Phi) is 5.94. The highest BCUT2D eigenvalue weighted by Crippen LogP contribution is 2.23. The molecule has 0 aromatic heterocycles. The minimum Gasteiger partial charge on any atom is -0.303 e. The van der Waals surface area contributed by atoms with Gasteiger partial charge in [-0.25, -0.2) is 0 Å². The highest BCUT2D eigenvalue weighted by Gasteiger charge is 2.25. The summed E-state index contributed by atoms with van der Waals surface area (Å²) in [6, 6.07) is 3.13. The highest BCUT2D eigenvalue weighted by molar-refractivity contribution is 5.03. The summed E-state index contributed by atoms with van der Waals surface area (Å²) >= 11 is 0. The third kappa shape index (κ3) is 4.29. The van der Waals surface area contributed by atoms with E-state index in [1.165, 1.54) is 32.1 Å². The molecule has 0 aromatic carbocycles. The van der Waals surface area contributed by atoms with Crippen molar-refractivity contribution in [3.8, 4) is 6.07 Å². The van der Waals surface area contributed by atoms with Gasteiger partial charge in [0.15, 0.2) is 0 Å². The molecule has 0 amide bonds. The van der Waals surface area contributed by atoms with Crippen molar-refractivity contribution >= 4 is 0 Å². The summed E-state index contributed by atoms with van der Waals surface area (Å²) < 4.78 is 0. The van der Waals surface area contributed by atoms with Gasteiger partial charge in [0.2, 0.25) is 0 Å². The van der Waals surface area contributed by atoms with Gasteiger partial charge in [0, 0.05) is 12.6 Å². The summed E-state index contributed by atoms with van der Waals surface area (Å²) in [4.78, 5) is 2.56.